The predicted octanol–water partition coefficient (Wildman–Crippen LogP) is 3.73. The van der Waals surface area contributed by atoms with Gasteiger partial charge in [-0.05, 0) is 55.2 Å². The fourth-order valence-electron chi connectivity index (χ4n) is 4.68. The van der Waals surface area contributed by atoms with Gasteiger partial charge in [0.2, 0.25) is 0 Å². The van der Waals surface area contributed by atoms with Gasteiger partial charge in [-0.15, -0.1) is 0 Å². The first-order valence-electron chi connectivity index (χ1n) is 9.64. The van der Waals surface area contributed by atoms with Crippen LogP contribution in [-0.4, -0.2) is 50.6 Å². The number of benzene rings is 1. The molecule has 3 aliphatic rings. The molecule has 2 heterocycles. The van der Waals surface area contributed by atoms with Crippen molar-refractivity contribution in [2.24, 2.45) is 16.3 Å². The fourth-order valence-corrected chi connectivity index (χ4v) is 5.06. The molecule has 0 radical (unpaired) electrons. The predicted molar refractivity (Wildman–Crippen MR) is 108 cm³/mol. The average Bonchev–Trinajstić information content (AvgIpc) is 3.22. The highest BCUT2D eigenvalue weighted by Gasteiger charge is 2.43. The third-order valence-electron chi connectivity index (χ3n) is 6.37. The SMILES string of the molecule is CN=C(NCC1CCN(c2cccc(Br)c2)C1)N1CCC2(CCC2)C1. The molecule has 2 saturated heterocycles. The Kier molecular flexibility index (Phi) is 4.94. The first-order chi connectivity index (χ1) is 12.2. The fraction of sp³-hybridized carbons (Fsp3) is 0.650. The van der Waals surface area contributed by atoms with E-state index in [9.17, 15) is 0 Å². The molecule has 0 bridgehead atoms. The summed E-state index contributed by atoms with van der Waals surface area (Å²) < 4.78 is 1.16. The Morgan fingerprint density at radius 3 is 2.88 bits per heavy atom. The molecule has 4 nitrogen and oxygen atoms in total. The van der Waals surface area contributed by atoms with Crippen molar-refractivity contribution in [3.63, 3.8) is 0 Å². The zero-order valence-electron chi connectivity index (χ0n) is 15.2. The van der Waals surface area contributed by atoms with Crippen molar-refractivity contribution in [2.45, 2.75) is 32.1 Å². The highest BCUT2D eigenvalue weighted by Crippen LogP contribution is 2.47. The summed E-state index contributed by atoms with van der Waals surface area (Å²) in [4.78, 5) is 9.54. The van der Waals surface area contributed by atoms with E-state index in [2.05, 4.69) is 60.3 Å². The minimum atomic E-state index is 0.627. The second-order valence-corrected chi connectivity index (χ2v) is 8.95. The highest BCUT2D eigenvalue weighted by atomic mass is 79.9. The summed E-state index contributed by atoms with van der Waals surface area (Å²) >= 11 is 3.58. The quantitative estimate of drug-likeness (QED) is 0.614. The maximum atomic E-state index is 4.56. The summed E-state index contributed by atoms with van der Waals surface area (Å²) in [6.45, 7) is 5.69. The number of rotatable bonds is 3. The molecule has 0 amide bonds. The van der Waals surface area contributed by atoms with Crippen molar-refractivity contribution in [3.8, 4) is 0 Å². The first-order valence-corrected chi connectivity index (χ1v) is 10.4. The van der Waals surface area contributed by atoms with Gasteiger partial charge in [-0.25, -0.2) is 0 Å². The Morgan fingerprint density at radius 2 is 2.20 bits per heavy atom. The van der Waals surface area contributed by atoms with Gasteiger partial charge in [-0.2, -0.15) is 0 Å². The zero-order valence-corrected chi connectivity index (χ0v) is 16.8. The number of anilines is 1. The number of hydrogen-bond donors (Lipinski definition) is 1. The number of aliphatic imine (C=N–C) groups is 1. The molecule has 136 valence electrons. The van der Waals surface area contributed by atoms with Gasteiger partial charge in [-0.1, -0.05) is 28.4 Å². The van der Waals surface area contributed by atoms with Crippen LogP contribution in [0.3, 0.4) is 0 Å². The van der Waals surface area contributed by atoms with E-state index < -0.39 is 0 Å². The normalized spacial score (nSPS) is 25.5. The molecule has 1 N–H and O–H groups in total. The first kappa shape index (κ1) is 17.2. The van der Waals surface area contributed by atoms with Gasteiger partial charge < -0.3 is 15.1 Å². The molecule has 4 rings (SSSR count). The summed E-state index contributed by atoms with van der Waals surface area (Å²) in [6, 6.07) is 8.64. The minimum absolute atomic E-state index is 0.627. The molecule has 3 fully saturated rings. The molecule has 5 heteroatoms. The standard InChI is InChI=1S/C20H29BrN4/c1-22-19(25-11-9-20(15-25)7-3-8-20)23-13-16-6-10-24(14-16)18-5-2-4-17(21)12-18/h2,4-5,12,16H,3,6-11,13-15H2,1H3,(H,22,23). The van der Waals surface area contributed by atoms with E-state index in [1.165, 1.54) is 50.9 Å². The van der Waals surface area contributed by atoms with E-state index in [0.717, 1.165) is 30.1 Å². The van der Waals surface area contributed by atoms with Crippen LogP contribution in [0.2, 0.25) is 0 Å². The lowest BCUT2D eigenvalue weighted by molar-refractivity contribution is 0.151. The van der Waals surface area contributed by atoms with Crippen molar-refractivity contribution in [1.29, 1.82) is 0 Å². The molecule has 1 saturated carbocycles. The Morgan fingerprint density at radius 1 is 1.32 bits per heavy atom. The van der Waals surface area contributed by atoms with E-state index in [4.69, 9.17) is 0 Å². The van der Waals surface area contributed by atoms with E-state index in [1.807, 2.05) is 7.05 Å². The third-order valence-corrected chi connectivity index (χ3v) is 6.87. The lowest BCUT2D eigenvalue weighted by atomic mass is 9.68. The molecule has 1 aromatic carbocycles. The average molecular weight is 405 g/mol. The topological polar surface area (TPSA) is 30.9 Å². The van der Waals surface area contributed by atoms with Crippen LogP contribution in [0.15, 0.2) is 33.7 Å². The van der Waals surface area contributed by atoms with E-state index in [0.29, 0.717) is 11.3 Å². The van der Waals surface area contributed by atoms with Crippen LogP contribution >= 0.6 is 15.9 Å². The summed E-state index contributed by atoms with van der Waals surface area (Å²) in [6.07, 6.45) is 6.87. The van der Waals surface area contributed by atoms with Crippen LogP contribution in [0.5, 0.6) is 0 Å². The van der Waals surface area contributed by atoms with Crippen molar-refractivity contribution in [2.75, 3.05) is 44.7 Å². The smallest absolute Gasteiger partial charge is 0.193 e. The summed E-state index contributed by atoms with van der Waals surface area (Å²) in [5.74, 6) is 1.81. The maximum absolute atomic E-state index is 4.56. The number of nitrogens with zero attached hydrogens (tertiary/aromatic N) is 3. The second-order valence-electron chi connectivity index (χ2n) is 8.03. The van der Waals surface area contributed by atoms with Gasteiger partial charge >= 0.3 is 0 Å². The number of likely N-dealkylation sites (tertiary alicyclic amines) is 1. The van der Waals surface area contributed by atoms with Crippen molar-refractivity contribution < 1.29 is 0 Å². The van der Waals surface area contributed by atoms with Gasteiger partial charge in [0.15, 0.2) is 5.96 Å². The molecule has 1 aliphatic carbocycles. The molecular weight excluding hydrogens is 376 g/mol. The molecular formula is C20H29BrN4. The Balaban J connectivity index is 1.28. The van der Waals surface area contributed by atoms with E-state index in [-0.39, 0.29) is 0 Å². The lowest BCUT2D eigenvalue weighted by Crippen LogP contribution is -2.44. The number of nitrogens with one attached hydrogen (secondary N) is 1. The molecule has 1 unspecified atom stereocenters. The van der Waals surface area contributed by atoms with Crippen molar-refractivity contribution >= 4 is 27.6 Å². The monoisotopic (exact) mass is 404 g/mol. The highest BCUT2D eigenvalue weighted by molar-refractivity contribution is 9.10. The molecule has 0 aromatic heterocycles. The largest absolute Gasteiger partial charge is 0.371 e. The number of halogens is 1. The van der Waals surface area contributed by atoms with Crippen LogP contribution in [0.25, 0.3) is 0 Å². The van der Waals surface area contributed by atoms with Crippen LogP contribution in [0.4, 0.5) is 5.69 Å². The second kappa shape index (κ2) is 7.18. The Labute approximate surface area is 159 Å². The van der Waals surface area contributed by atoms with Crippen molar-refractivity contribution in [1.82, 2.24) is 10.2 Å². The molecule has 1 aromatic rings. The van der Waals surface area contributed by atoms with Crippen molar-refractivity contribution in [3.05, 3.63) is 28.7 Å². The summed E-state index contributed by atoms with van der Waals surface area (Å²) in [5, 5.41) is 3.66. The van der Waals surface area contributed by atoms with E-state index >= 15 is 0 Å². The van der Waals surface area contributed by atoms with Gasteiger partial charge in [0, 0.05) is 49.9 Å². The Bertz CT molecular complexity index is 640. The summed E-state index contributed by atoms with van der Waals surface area (Å²) in [5.41, 5.74) is 1.95. The lowest BCUT2D eigenvalue weighted by Gasteiger charge is -2.38. The molecule has 25 heavy (non-hydrogen) atoms. The third kappa shape index (κ3) is 3.67. The maximum Gasteiger partial charge on any atom is 0.193 e. The molecule has 1 atom stereocenters. The van der Waals surface area contributed by atoms with Gasteiger partial charge in [0.05, 0.1) is 0 Å². The van der Waals surface area contributed by atoms with Gasteiger partial charge in [0.1, 0.15) is 0 Å². The number of hydrogen-bond acceptors (Lipinski definition) is 2. The van der Waals surface area contributed by atoms with Gasteiger partial charge in [-0.3, -0.25) is 4.99 Å². The van der Waals surface area contributed by atoms with Crippen LogP contribution < -0.4 is 10.2 Å². The van der Waals surface area contributed by atoms with Gasteiger partial charge in [0.25, 0.3) is 0 Å². The Hall–Kier alpha value is -1.23. The van der Waals surface area contributed by atoms with Crippen LogP contribution in [0, 0.1) is 11.3 Å². The summed E-state index contributed by atoms with van der Waals surface area (Å²) in [7, 11) is 1.93. The molecule has 1 spiro atoms. The zero-order chi connectivity index (χ0) is 17.3. The van der Waals surface area contributed by atoms with Crippen LogP contribution in [-0.2, 0) is 0 Å². The van der Waals surface area contributed by atoms with Crippen LogP contribution in [0.1, 0.15) is 32.1 Å². The number of guanidine groups is 1. The minimum Gasteiger partial charge on any atom is -0.371 e. The van der Waals surface area contributed by atoms with E-state index in [1.54, 1.807) is 0 Å². The molecule has 2 aliphatic heterocycles.